The molecule has 7 heteroatoms. The van der Waals surface area contributed by atoms with Gasteiger partial charge in [-0.1, -0.05) is 55.0 Å². The zero-order chi connectivity index (χ0) is 23.4. The molecule has 0 heterocycles. The van der Waals surface area contributed by atoms with Crippen LogP contribution >= 0.6 is 0 Å². The van der Waals surface area contributed by atoms with Gasteiger partial charge in [0.25, 0.3) is 0 Å². The van der Waals surface area contributed by atoms with E-state index in [0.717, 1.165) is 17.5 Å². The highest BCUT2D eigenvalue weighted by atomic mass is 16.5. The molecule has 0 aromatic heterocycles. The first-order valence-electron chi connectivity index (χ1n) is 11.5. The number of nitrogens with one attached hydrogen (secondary N) is 1. The van der Waals surface area contributed by atoms with Gasteiger partial charge in [0.15, 0.2) is 0 Å². The Balaban J connectivity index is 1.32. The van der Waals surface area contributed by atoms with Crippen molar-refractivity contribution in [1.29, 1.82) is 0 Å². The van der Waals surface area contributed by atoms with Crippen LogP contribution in [0.15, 0.2) is 48.5 Å². The Bertz CT molecular complexity index is 1000. The summed E-state index contributed by atoms with van der Waals surface area (Å²) in [6.07, 6.45) is 2.26. The van der Waals surface area contributed by atoms with E-state index in [1.54, 1.807) is 11.9 Å². The number of rotatable bonds is 9. The molecule has 0 atom stereocenters. The van der Waals surface area contributed by atoms with Gasteiger partial charge in [0.1, 0.15) is 6.61 Å². The molecule has 2 aliphatic carbocycles. The molecule has 2 N–H and O–H groups in total. The summed E-state index contributed by atoms with van der Waals surface area (Å²) in [5.74, 6) is -0.924. The Kier molecular flexibility index (Phi) is 6.67. The second-order valence-electron chi connectivity index (χ2n) is 9.04. The number of carbonyl (C=O) groups excluding carboxylic acids is 2. The van der Waals surface area contributed by atoms with Gasteiger partial charge < -0.3 is 20.1 Å². The molecule has 0 saturated heterocycles. The molecule has 0 bridgehead atoms. The Hall–Kier alpha value is -3.35. The molecular weight excluding hydrogens is 420 g/mol. The normalized spacial score (nSPS) is 15.7. The van der Waals surface area contributed by atoms with Crippen LogP contribution in [0, 0.1) is 5.41 Å². The minimum absolute atomic E-state index is 0.0113. The lowest BCUT2D eigenvalue weighted by atomic mass is 9.67. The molecule has 2 amide bonds. The van der Waals surface area contributed by atoms with Crippen LogP contribution < -0.4 is 5.32 Å². The van der Waals surface area contributed by atoms with E-state index >= 15 is 0 Å². The minimum Gasteiger partial charge on any atom is -0.481 e. The number of carbonyl (C=O) groups is 3. The first-order chi connectivity index (χ1) is 15.9. The summed E-state index contributed by atoms with van der Waals surface area (Å²) in [4.78, 5) is 37.8. The smallest absolute Gasteiger partial charge is 0.407 e. The Morgan fingerprint density at radius 1 is 1.06 bits per heavy atom. The van der Waals surface area contributed by atoms with E-state index in [0.29, 0.717) is 25.8 Å². The highest BCUT2D eigenvalue weighted by molar-refractivity contribution is 5.84. The fourth-order valence-corrected chi connectivity index (χ4v) is 4.93. The third-order valence-electron chi connectivity index (χ3n) is 6.91. The van der Waals surface area contributed by atoms with Gasteiger partial charge in [-0.05, 0) is 41.5 Å². The SMILES string of the molecule is CN(CCCC(=O)O)C(=O)C1(CNC(=O)OCC2c3ccccc3-c3ccccc32)CCC1. The Labute approximate surface area is 193 Å². The quantitative estimate of drug-likeness (QED) is 0.602. The van der Waals surface area contributed by atoms with E-state index in [1.807, 2.05) is 24.3 Å². The zero-order valence-corrected chi connectivity index (χ0v) is 18.9. The first kappa shape index (κ1) is 22.8. The number of alkyl carbamates (subject to hydrolysis) is 1. The van der Waals surface area contributed by atoms with E-state index in [2.05, 4.69) is 29.6 Å². The van der Waals surface area contributed by atoms with Gasteiger partial charge in [-0.2, -0.15) is 0 Å². The fraction of sp³-hybridized carbons (Fsp3) is 0.423. The summed E-state index contributed by atoms with van der Waals surface area (Å²) in [6.45, 7) is 0.847. The summed E-state index contributed by atoms with van der Waals surface area (Å²) in [6, 6.07) is 16.3. The molecule has 2 aromatic rings. The highest BCUT2D eigenvalue weighted by Gasteiger charge is 2.45. The van der Waals surface area contributed by atoms with Crippen molar-refractivity contribution in [3.63, 3.8) is 0 Å². The third-order valence-corrected chi connectivity index (χ3v) is 6.91. The number of nitrogens with zero attached hydrogens (tertiary/aromatic N) is 1. The lowest BCUT2D eigenvalue weighted by Gasteiger charge is -2.42. The van der Waals surface area contributed by atoms with Crippen LogP contribution in [0.3, 0.4) is 0 Å². The lowest BCUT2D eigenvalue weighted by molar-refractivity contribution is -0.146. The first-order valence-corrected chi connectivity index (χ1v) is 11.5. The maximum absolute atomic E-state index is 13.0. The van der Waals surface area contributed by atoms with Crippen molar-refractivity contribution in [2.24, 2.45) is 5.41 Å². The van der Waals surface area contributed by atoms with Crippen LogP contribution in [0.25, 0.3) is 11.1 Å². The predicted molar refractivity (Wildman–Crippen MR) is 124 cm³/mol. The second-order valence-corrected chi connectivity index (χ2v) is 9.04. The van der Waals surface area contributed by atoms with Crippen molar-refractivity contribution >= 4 is 18.0 Å². The van der Waals surface area contributed by atoms with Gasteiger partial charge in [-0.3, -0.25) is 9.59 Å². The molecular formula is C26H30N2O5. The largest absolute Gasteiger partial charge is 0.481 e. The van der Waals surface area contributed by atoms with Crippen molar-refractivity contribution in [2.45, 2.75) is 38.0 Å². The molecule has 1 fully saturated rings. The maximum Gasteiger partial charge on any atom is 0.407 e. The molecule has 0 unspecified atom stereocenters. The third kappa shape index (κ3) is 4.72. The average molecular weight is 451 g/mol. The molecule has 1 saturated carbocycles. The monoisotopic (exact) mass is 450 g/mol. The second kappa shape index (κ2) is 9.65. The van der Waals surface area contributed by atoms with Crippen LogP contribution in [0.2, 0.25) is 0 Å². The molecule has 0 radical (unpaired) electrons. The lowest BCUT2D eigenvalue weighted by Crippen LogP contribution is -2.53. The molecule has 2 aromatic carbocycles. The van der Waals surface area contributed by atoms with Crippen molar-refractivity contribution in [3.8, 4) is 11.1 Å². The van der Waals surface area contributed by atoms with Crippen LogP contribution in [0.4, 0.5) is 4.79 Å². The van der Waals surface area contributed by atoms with Gasteiger partial charge in [-0.15, -0.1) is 0 Å². The van der Waals surface area contributed by atoms with Crippen LogP contribution in [-0.2, 0) is 14.3 Å². The van der Waals surface area contributed by atoms with Gasteiger partial charge >= 0.3 is 12.1 Å². The topological polar surface area (TPSA) is 95.9 Å². The van der Waals surface area contributed by atoms with E-state index in [9.17, 15) is 14.4 Å². The molecule has 7 nitrogen and oxygen atoms in total. The number of fused-ring (bicyclic) bond motifs is 3. The predicted octanol–water partition coefficient (Wildman–Crippen LogP) is 4.02. The maximum atomic E-state index is 13.0. The van der Waals surface area contributed by atoms with E-state index in [1.165, 1.54) is 11.1 Å². The average Bonchev–Trinajstić information content (AvgIpc) is 3.10. The number of carboxylic acid groups (broad SMARTS) is 1. The molecule has 174 valence electrons. The number of benzene rings is 2. The fourth-order valence-electron chi connectivity index (χ4n) is 4.93. The standard InChI is InChI=1S/C26H30N2O5/c1-28(15-6-12-23(29)30)24(31)26(13-7-14-26)17-27-25(32)33-16-22-20-10-4-2-8-18(20)19-9-3-5-11-21(19)22/h2-5,8-11,22H,6-7,12-17H2,1H3,(H,27,32)(H,29,30). The summed E-state index contributed by atoms with van der Waals surface area (Å²) in [5, 5.41) is 11.6. The summed E-state index contributed by atoms with van der Waals surface area (Å²) in [7, 11) is 1.69. The van der Waals surface area contributed by atoms with Crippen molar-refractivity contribution < 1.29 is 24.2 Å². The van der Waals surface area contributed by atoms with Gasteiger partial charge in [-0.25, -0.2) is 4.79 Å². The summed E-state index contributed by atoms with van der Waals surface area (Å²) in [5.41, 5.74) is 4.03. The number of hydrogen-bond acceptors (Lipinski definition) is 4. The minimum atomic E-state index is -0.869. The zero-order valence-electron chi connectivity index (χ0n) is 18.9. The molecule has 0 aliphatic heterocycles. The highest BCUT2D eigenvalue weighted by Crippen LogP contribution is 2.45. The van der Waals surface area contributed by atoms with Crippen LogP contribution in [0.1, 0.15) is 49.1 Å². The van der Waals surface area contributed by atoms with Crippen LogP contribution in [-0.4, -0.2) is 54.7 Å². The van der Waals surface area contributed by atoms with E-state index in [-0.39, 0.29) is 31.4 Å². The summed E-state index contributed by atoms with van der Waals surface area (Å²) < 4.78 is 5.59. The molecule has 2 aliphatic rings. The van der Waals surface area contributed by atoms with Gasteiger partial charge in [0.2, 0.25) is 5.91 Å². The number of hydrogen-bond donors (Lipinski definition) is 2. The number of ether oxygens (including phenoxy) is 1. The Morgan fingerprint density at radius 2 is 1.67 bits per heavy atom. The van der Waals surface area contributed by atoms with Crippen molar-refractivity contribution in [3.05, 3.63) is 59.7 Å². The Morgan fingerprint density at radius 3 is 2.21 bits per heavy atom. The number of aliphatic carboxylic acids is 1. The molecule has 4 rings (SSSR count). The van der Waals surface area contributed by atoms with E-state index < -0.39 is 17.5 Å². The molecule has 0 spiro atoms. The molecule has 33 heavy (non-hydrogen) atoms. The van der Waals surface area contributed by atoms with Gasteiger partial charge in [0, 0.05) is 32.5 Å². The van der Waals surface area contributed by atoms with Crippen molar-refractivity contribution in [2.75, 3.05) is 26.7 Å². The van der Waals surface area contributed by atoms with Crippen molar-refractivity contribution in [1.82, 2.24) is 10.2 Å². The van der Waals surface area contributed by atoms with E-state index in [4.69, 9.17) is 9.84 Å². The number of amides is 2. The van der Waals surface area contributed by atoms with Gasteiger partial charge in [0.05, 0.1) is 5.41 Å². The van der Waals surface area contributed by atoms with Crippen LogP contribution in [0.5, 0.6) is 0 Å². The number of carboxylic acids is 1. The summed E-state index contributed by atoms with van der Waals surface area (Å²) >= 11 is 0.